The predicted octanol–water partition coefficient (Wildman–Crippen LogP) is 4.26. The highest BCUT2D eigenvalue weighted by Gasteiger charge is 2.25. The topological polar surface area (TPSA) is 98.4 Å². The first-order valence-corrected chi connectivity index (χ1v) is 12.0. The third-order valence-electron chi connectivity index (χ3n) is 6.02. The molecule has 10 heteroatoms. The first kappa shape index (κ1) is 18.9. The van der Waals surface area contributed by atoms with Crippen LogP contribution in [0.5, 0.6) is 0 Å². The molecule has 1 aliphatic heterocycles. The predicted molar refractivity (Wildman–Crippen MR) is 127 cm³/mol. The fourth-order valence-corrected chi connectivity index (χ4v) is 6.42. The van der Waals surface area contributed by atoms with E-state index in [1.54, 1.807) is 22.7 Å². The molecule has 0 unspecified atom stereocenters. The van der Waals surface area contributed by atoms with Gasteiger partial charge in [0, 0.05) is 54.2 Å². The number of nitrogens with zero attached hydrogens (tertiary/aromatic N) is 5. The summed E-state index contributed by atoms with van der Waals surface area (Å²) >= 11 is 3.27. The molecule has 0 spiro atoms. The number of piperidine rings is 1. The quantitative estimate of drug-likeness (QED) is 0.378. The Bertz CT molecular complexity index is 1320. The molecule has 31 heavy (non-hydrogen) atoms. The lowest BCUT2D eigenvalue weighted by molar-refractivity contribution is 0.371. The summed E-state index contributed by atoms with van der Waals surface area (Å²) in [7, 11) is 2.16. The van der Waals surface area contributed by atoms with Crippen LogP contribution in [-0.4, -0.2) is 55.8 Å². The van der Waals surface area contributed by atoms with Crippen LogP contribution in [0.25, 0.3) is 42.4 Å². The lowest BCUT2D eigenvalue weighted by Crippen LogP contribution is -2.45. The zero-order valence-corrected chi connectivity index (χ0v) is 18.8. The second kappa shape index (κ2) is 7.40. The maximum atomic E-state index is 4.91. The highest BCUT2D eigenvalue weighted by atomic mass is 32.1. The molecule has 0 bridgehead atoms. The van der Waals surface area contributed by atoms with Crippen molar-refractivity contribution in [1.82, 2.24) is 35.5 Å². The van der Waals surface area contributed by atoms with Crippen molar-refractivity contribution in [1.29, 1.82) is 0 Å². The zero-order chi connectivity index (χ0) is 20.9. The molecule has 1 fully saturated rings. The third-order valence-corrected chi connectivity index (χ3v) is 8.14. The number of rotatable bonds is 4. The Morgan fingerprint density at radius 1 is 1.16 bits per heavy atom. The molecule has 158 valence electrons. The summed E-state index contributed by atoms with van der Waals surface area (Å²) in [5, 5.41) is 13.5. The fraction of sp³-hybridized carbons (Fsp3) is 0.333. The molecule has 6 rings (SSSR count). The van der Waals surface area contributed by atoms with Crippen molar-refractivity contribution in [2.45, 2.75) is 31.8 Å². The van der Waals surface area contributed by atoms with Crippen LogP contribution in [0.2, 0.25) is 0 Å². The molecule has 0 radical (unpaired) electrons. The number of nitrogens with one attached hydrogen (secondary N) is 3. The second-order valence-corrected chi connectivity index (χ2v) is 9.98. The van der Waals surface area contributed by atoms with E-state index in [2.05, 4.69) is 45.4 Å². The Morgan fingerprint density at radius 2 is 2.06 bits per heavy atom. The van der Waals surface area contributed by atoms with Crippen molar-refractivity contribution in [2.75, 3.05) is 18.5 Å². The molecule has 1 saturated heterocycles. The van der Waals surface area contributed by atoms with Crippen LogP contribution in [-0.2, 0) is 0 Å². The van der Waals surface area contributed by atoms with E-state index in [-0.39, 0.29) is 0 Å². The van der Waals surface area contributed by atoms with Gasteiger partial charge in [0.25, 0.3) is 0 Å². The Morgan fingerprint density at radius 3 is 2.87 bits per heavy atom. The first-order chi connectivity index (χ1) is 15.2. The third kappa shape index (κ3) is 3.22. The van der Waals surface area contributed by atoms with E-state index in [9.17, 15) is 0 Å². The maximum absolute atomic E-state index is 4.91. The summed E-state index contributed by atoms with van der Waals surface area (Å²) in [6.45, 7) is 3.31. The number of thiazole rings is 2. The van der Waals surface area contributed by atoms with E-state index in [4.69, 9.17) is 15.0 Å². The van der Waals surface area contributed by atoms with Gasteiger partial charge in [-0.3, -0.25) is 10.1 Å². The van der Waals surface area contributed by atoms with Crippen LogP contribution in [0.4, 0.5) is 5.13 Å². The standard InChI is InChI=1S/C21H22N8S2/c1-11-7-13(3-5-22-11)29(2)21-28-20-19(31-21)27-18(30-20)17-16-14(4-6-23-16)15(10-24-17)12-8-25-26-9-12/h4,6,8-11,13,22-23H,3,5,7H2,1-2H3,(H,25,26)/t11-,13+/m0/s1. The molecular formula is C21H22N8S2. The van der Waals surface area contributed by atoms with Gasteiger partial charge < -0.3 is 15.2 Å². The first-order valence-electron chi connectivity index (χ1n) is 10.4. The lowest BCUT2D eigenvalue weighted by Gasteiger charge is -2.34. The van der Waals surface area contributed by atoms with Gasteiger partial charge in [0.1, 0.15) is 10.7 Å². The van der Waals surface area contributed by atoms with Gasteiger partial charge >= 0.3 is 0 Å². The minimum atomic E-state index is 0.520. The van der Waals surface area contributed by atoms with Gasteiger partial charge in [-0.05, 0) is 32.4 Å². The Balaban J connectivity index is 1.34. The molecule has 6 heterocycles. The summed E-state index contributed by atoms with van der Waals surface area (Å²) < 4.78 is 0. The van der Waals surface area contributed by atoms with E-state index in [0.717, 1.165) is 66.9 Å². The molecule has 3 N–H and O–H groups in total. The summed E-state index contributed by atoms with van der Waals surface area (Å²) in [5.41, 5.74) is 3.92. The number of hydrogen-bond donors (Lipinski definition) is 3. The van der Waals surface area contributed by atoms with Crippen molar-refractivity contribution in [2.24, 2.45) is 0 Å². The van der Waals surface area contributed by atoms with Crippen LogP contribution in [0.15, 0.2) is 30.9 Å². The summed E-state index contributed by atoms with van der Waals surface area (Å²) in [5.74, 6) is 0. The summed E-state index contributed by atoms with van der Waals surface area (Å²) in [4.78, 5) is 22.2. The van der Waals surface area contributed by atoms with Crippen LogP contribution in [0.3, 0.4) is 0 Å². The van der Waals surface area contributed by atoms with Crippen LogP contribution in [0.1, 0.15) is 19.8 Å². The number of anilines is 1. The molecular weight excluding hydrogens is 428 g/mol. The lowest BCUT2D eigenvalue weighted by atomic mass is 10.00. The number of pyridine rings is 1. The Kier molecular flexibility index (Phi) is 4.51. The number of fused-ring (bicyclic) bond motifs is 2. The number of hydrogen-bond acceptors (Lipinski definition) is 8. The monoisotopic (exact) mass is 450 g/mol. The van der Waals surface area contributed by atoms with E-state index in [1.165, 1.54) is 0 Å². The van der Waals surface area contributed by atoms with Crippen LogP contribution < -0.4 is 10.2 Å². The molecule has 1 aliphatic rings. The number of aromatic amines is 2. The average molecular weight is 451 g/mol. The van der Waals surface area contributed by atoms with Crippen LogP contribution in [0, 0.1) is 0 Å². The summed E-state index contributed by atoms with van der Waals surface area (Å²) in [6, 6.07) is 3.14. The molecule has 5 aromatic heterocycles. The SMILES string of the molecule is C[C@H]1C[C@H](N(C)c2nc3sc(-c4ncc(-c5cn[nH]c5)c5cc[nH]c45)nc3s2)CCN1. The van der Waals surface area contributed by atoms with Crippen molar-refractivity contribution in [3.63, 3.8) is 0 Å². The average Bonchev–Trinajstić information content (AvgIpc) is 3.56. The normalized spacial score (nSPS) is 19.4. The van der Waals surface area contributed by atoms with Gasteiger partial charge in [-0.25, -0.2) is 9.97 Å². The minimum Gasteiger partial charge on any atom is -0.359 e. The summed E-state index contributed by atoms with van der Waals surface area (Å²) in [6.07, 6.45) is 9.82. The number of H-pyrrole nitrogens is 2. The Labute approximate surface area is 186 Å². The van der Waals surface area contributed by atoms with Crippen molar-refractivity contribution in [3.05, 3.63) is 30.9 Å². The van der Waals surface area contributed by atoms with Gasteiger partial charge in [-0.15, -0.1) is 0 Å². The molecule has 8 nitrogen and oxygen atoms in total. The van der Waals surface area contributed by atoms with Gasteiger partial charge in [0.05, 0.1) is 11.7 Å². The number of aromatic nitrogens is 6. The van der Waals surface area contributed by atoms with Gasteiger partial charge in [-0.1, -0.05) is 22.7 Å². The fourth-order valence-electron chi connectivity index (χ4n) is 4.34. The molecule has 5 aromatic rings. The van der Waals surface area contributed by atoms with E-state index < -0.39 is 0 Å². The smallest absolute Gasteiger partial charge is 0.188 e. The van der Waals surface area contributed by atoms with Crippen molar-refractivity contribution in [3.8, 4) is 21.8 Å². The van der Waals surface area contributed by atoms with Crippen molar-refractivity contribution < 1.29 is 0 Å². The molecule has 2 atom stereocenters. The van der Waals surface area contributed by atoms with Gasteiger partial charge in [-0.2, -0.15) is 5.10 Å². The molecule has 0 aliphatic carbocycles. The Hall–Kier alpha value is -2.82. The second-order valence-electron chi connectivity index (χ2n) is 8.04. The maximum Gasteiger partial charge on any atom is 0.188 e. The minimum absolute atomic E-state index is 0.520. The zero-order valence-electron chi connectivity index (χ0n) is 17.2. The highest BCUT2D eigenvalue weighted by Crippen LogP contribution is 2.39. The van der Waals surface area contributed by atoms with Crippen molar-refractivity contribution >= 4 is 48.4 Å². The van der Waals surface area contributed by atoms with Gasteiger partial charge in [0.2, 0.25) is 0 Å². The van der Waals surface area contributed by atoms with Crippen LogP contribution >= 0.6 is 22.7 Å². The van der Waals surface area contributed by atoms with E-state index in [0.29, 0.717) is 12.1 Å². The van der Waals surface area contributed by atoms with E-state index in [1.807, 2.05) is 24.8 Å². The largest absolute Gasteiger partial charge is 0.359 e. The molecule has 0 saturated carbocycles. The highest BCUT2D eigenvalue weighted by molar-refractivity contribution is 7.29. The molecule has 0 aromatic carbocycles. The van der Waals surface area contributed by atoms with Gasteiger partial charge in [0.15, 0.2) is 14.8 Å². The molecule has 0 amide bonds. The van der Waals surface area contributed by atoms with E-state index >= 15 is 0 Å².